The summed E-state index contributed by atoms with van der Waals surface area (Å²) in [7, 11) is 0. The smallest absolute Gasteiger partial charge is 0.148 e. The van der Waals surface area contributed by atoms with Crippen molar-refractivity contribution in [3.63, 3.8) is 0 Å². The van der Waals surface area contributed by atoms with Crippen molar-refractivity contribution in [2.24, 2.45) is 0 Å². The highest BCUT2D eigenvalue weighted by atomic mass is 16.5. The molecular formula is C14H18N4O2. The summed E-state index contributed by atoms with van der Waals surface area (Å²) in [5.74, 6) is 2.61. The first-order valence-electron chi connectivity index (χ1n) is 6.85. The minimum absolute atomic E-state index is 0.226. The van der Waals surface area contributed by atoms with Gasteiger partial charge in [0, 0.05) is 17.5 Å². The maximum absolute atomic E-state index is 5.81. The first-order chi connectivity index (χ1) is 9.67. The predicted octanol–water partition coefficient (Wildman–Crippen LogP) is 1.75. The van der Waals surface area contributed by atoms with E-state index in [9.17, 15) is 0 Å². The minimum atomic E-state index is 0.226. The number of hydrogen-bond acceptors (Lipinski definition) is 5. The summed E-state index contributed by atoms with van der Waals surface area (Å²) in [6.07, 6.45) is 1.16. The Morgan fingerprint density at radius 3 is 3.00 bits per heavy atom. The predicted molar refractivity (Wildman–Crippen MR) is 73.1 cm³/mol. The second-order valence-electron chi connectivity index (χ2n) is 5.02. The third kappa shape index (κ3) is 2.33. The Labute approximate surface area is 117 Å². The molecule has 0 aliphatic carbocycles. The van der Waals surface area contributed by atoms with Crippen LogP contribution in [0.25, 0.3) is 0 Å². The average molecular weight is 274 g/mol. The molecule has 1 atom stereocenters. The number of hydrogen-bond donors (Lipinski definition) is 0. The summed E-state index contributed by atoms with van der Waals surface area (Å²) >= 11 is 0. The first kappa shape index (κ1) is 12.9. The van der Waals surface area contributed by atoms with Crippen molar-refractivity contribution in [2.45, 2.75) is 39.8 Å². The van der Waals surface area contributed by atoms with E-state index in [4.69, 9.17) is 9.47 Å². The molecule has 0 N–H and O–H groups in total. The molecule has 6 heteroatoms. The first-order valence-corrected chi connectivity index (χ1v) is 6.85. The van der Waals surface area contributed by atoms with Crippen molar-refractivity contribution in [2.75, 3.05) is 6.61 Å². The van der Waals surface area contributed by atoms with Gasteiger partial charge in [-0.3, -0.25) is 0 Å². The molecule has 3 rings (SSSR count). The highest BCUT2D eigenvalue weighted by Gasteiger charge is 2.22. The van der Waals surface area contributed by atoms with Crippen LogP contribution in [0.15, 0.2) is 12.1 Å². The molecule has 1 aliphatic heterocycles. The second-order valence-corrected chi connectivity index (χ2v) is 5.02. The number of rotatable bonds is 4. The van der Waals surface area contributed by atoms with E-state index in [-0.39, 0.29) is 6.10 Å². The highest BCUT2D eigenvalue weighted by molar-refractivity contribution is 5.48. The fraction of sp³-hybridized carbons (Fsp3) is 0.500. The lowest BCUT2D eigenvalue weighted by Crippen LogP contribution is -2.07. The van der Waals surface area contributed by atoms with Crippen LogP contribution in [0.4, 0.5) is 0 Å². The topological polar surface area (TPSA) is 62.1 Å². The van der Waals surface area contributed by atoms with Crippen LogP contribution in [0, 0.1) is 6.92 Å². The van der Waals surface area contributed by atoms with Gasteiger partial charge in [-0.15, -0.1) is 5.10 Å². The van der Waals surface area contributed by atoms with Gasteiger partial charge in [-0.2, -0.15) is 0 Å². The van der Waals surface area contributed by atoms with E-state index in [0.717, 1.165) is 29.3 Å². The zero-order valence-corrected chi connectivity index (χ0v) is 12.0. The molecule has 6 nitrogen and oxygen atoms in total. The van der Waals surface area contributed by atoms with E-state index < -0.39 is 0 Å². The van der Waals surface area contributed by atoms with Gasteiger partial charge in [0.25, 0.3) is 0 Å². The third-order valence-corrected chi connectivity index (χ3v) is 3.41. The lowest BCUT2D eigenvalue weighted by molar-refractivity contribution is 0.254. The quantitative estimate of drug-likeness (QED) is 0.850. The molecule has 0 saturated heterocycles. The molecule has 20 heavy (non-hydrogen) atoms. The molecule has 0 bridgehead atoms. The third-order valence-electron chi connectivity index (χ3n) is 3.41. The van der Waals surface area contributed by atoms with Gasteiger partial charge in [-0.1, -0.05) is 0 Å². The number of fused-ring (bicyclic) bond motifs is 1. The molecule has 2 heterocycles. The van der Waals surface area contributed by atoms with Crippen LogP contribution in [-0.2, 0) is 13.0 Å². The van der Waals surface area contributed by atoms with Crippen molar-refractivity contribution < 1.29 is 9.47 Å². The normalized spacial score (nSPS) is 16.9. The molecule has 1 unspecified atom stereocenters. The molecule has 0 saturated carbocycles. The van der Waals surface area contributed by atoms with Gasteiger partial charge in [0.2, 0.25) is 0 Å². The number of aryl methyl sites for hydroxylation is 1. The summed E-state index contributed by atoms with van der Waals surface area (Å²) in [5.41, 5.74) is 2.24. The average Bonchev–Trinajstić information content (AvgIpc) is 2.96. The van der Waals surface area contributed by atoms with E-state index in [1.807, 2.05) is 19.9 Å². The van der Waals surface area contributed by atoms with Crippen molar-refractivity contribution in [3.05, 3.63) is 29.1 Å². The van der Waals surface area contributed by atoms with Crippen LogP contribution >= 0.6 is 0 Å². The zero-order valence-electron chi connectivity index (χ0n) is 12.0. The molecule has 0 fully saturated rings. The van der Waals surface area contributed by atoms with E-state index in [1.165, 1.54) is 5.56 Å². The maximum Gasteiger partial charge on any atom is 0.148 e. The van der Waals surface area contributed by atoms with Crippen molar-refractivity contribution in [1.82, 2.24) is 20.2 Å². The monoisotopic (exact) mass is 274 g/mol. The van der Waals surface area contributed by atoms with Gasteiger partial charge < -0.3 is 9.47 Å². The summed E-state index contributed by atoms with van der Waals surface area (Å²) in [6, 6.07) is 4.13. The lowest BCUT2D eigenvalue weighted by Gasteiger charge is -2.12. The Bertz CT molecular complexity index is 624. The second kappa shape index (κ2) is 5.11. The zero-order chi connectivity index (χ0) is 14.1. The molecule has 106 valence electrons. The van der Waals surface area contributed by atoms with Crippen LogP contribution in [-0.4, -0.2) is 32.9 Å². The van der Waals surface area contributed by atoms with Gasteiger partial charge >= 0.3 is 0 Å². The van der Waals surface area contributed by atoms with E-state index >= 15 is 0 Å². The fourth-order valence-corrected chi connectivity index (χ4v) is 2.45. The fourth-order valence-electron chi connectivity index (χ4n) is 2.45. The largest absolute Gasteiger partial charge is 0.494 e. The SMILES string of the molecule is CCOc1cc2c(cc1Cn1nnnc1C)OC(C)C2. The summed E-state index contributed by atoms with van der Waals surface area (Å²) in [5, 5.41) is 11.6. The Hall–Kier alpha value is -2.11. The summed E-state index contributed by atoms with van der Waals surface area (Å²) < 4.78 is 13.3. The van der Waals surface area contributed by atoms with Crippen LogP contribution in [0.2, 0.25) is 0 Å². The van der Waals surface area contributed by atoms with Crippen molar-refractivity contribution >= 4 is 0 Å². The lowest BCUT2D eigenvalue weighted by atomic mass is 10.1. The minimum Gasteiger partial charge on any atom is -0.494 e. The standard InChI is InChI=1S/C14H18N4O2/c1-4-19-13-6-11-5-9(2)20-14(11)7-12(13)8-18-10(3)15-16-17-18/h6-7,9H,4-5,8H2,1-3H3. The number of aromatic nitrogens is 4. The number of ether oxygens (including phenoxy) is 2. The van der Waals surface area contributed by atoms with Gasteiger partial charge in [0.15, 0.2) is 0 Å². The van der Waals surface area contributed by atoms with Crippen LogP contribution in [0.1, 0.15) is 30.8 Å². The van der Waals surface area contributed by atoms with Gasteiger partial charge in [0.05, 0.1) is 13.2 Å². The molecule has 0 amide bonds. The number of tetrazole rings is 1. The number of nitrogens with zero attached hydrogens (tertiary/aromatic N) is 4. The maximum atomic E-state index is 5.81. The van der Waals surface area contributed by atoms with Crippen molar-refractivity contribution in [1.29, 1.82) is 0 Å². The van der Waals surface area contributed by atoms with Crippen LogP contribution < -0.4 is 9.47 Å². The molecule has 2 aromatic rings. The molecule has 1 aliphatic rings. The Balaban J connectivity index is 1.96. The Morgan fingerprint density at radius 2 is 2.30 bits per heavy atom. The van der Waals surface area contributed by atoms with Gasteiger partial charge in [-0.05, 0) is 43.3 Å². The molecule has 1 aromatic carbocycles. The van der Waals surface area contributed by atoms with E-state index in [0.29, 0.717) is 13.2 Å². The van der Waals surface area contributed by atoms with E-state index in [2.05, 4.69) is 28.5 Å². The summed E-state index contributed by atoms with van der Waals surface area (Å²) in [4.78, 5) is 0. The molecular weight excluding hydrogens is 256 g/mol. The van der Waals surface area contributed by atoms with Crippen LogP contribution in [0.3, 0.4) is 0 Å². The number of benzene rings is 1. The van der Waals surface area contributed by atoms with Gasteiger partial charge in [0.1, 0.15) is 23.4 Å². The Kier molecular flexibility index (Phi) is 3.30. The van der Waals surface area contributed by atoms with E-state index in [1.54, 1.807) is 4.68 Å². The van der Waals surface area contributed by atoms with Crippen LogP contribution in [0.5, 0.6) is 11.5 Å². The van der Waals surface area contributed by atoms with Crippen molar-refractivity contribution in [3.8, 4) is 11.5 Å². The molecule has 0 radical (unpaired) electrons. The summed E-state index contributed by atoms with van der Waals surface area (Å²) in [6.45, 7) is 7.16. The highest BCUT2D eigenvalue weighted by Crippen LogP contribution is 2.35. The molecule has 1 aromatic heterocycles. The van der Waals surface area contributed by atoms with Gasteiger partial charge in [-0.25, -0.2) is 4.68 Å². The molecule has 0 spiro atoms. The Morgan fingerprint density at radius 1 is 1.45 bits per heavy atom.